The molecule has 1 fully saturated rings. The van der Waals surface area contributed by atoms with Crippen molar-refractivity contribution in [3.63, 3.8) is 0 Å². The lowest BCUT2D eigenvalue weighted by Crippen LogP contribution is -2.28. The van der Waals surface area contributed by atoms with E-state index in [1.807, 2.05) is 75.4 Å². The van der Waals surface area contributed by atoms with Gasteiger partial charge in [-0.25, -0.2) is 4.68 Å². The molecular weight excluding hydrogens is 370 g/mol. The maximum Gasteiger partial charge on any atom is 0.228 e. The first-order chi connectivity index (χ1) is 13.6. The van der Waals surface area contributed by atoms with Crippen LogP contribution in [0.1, 0.15) is 38.7 Å². The van der Waals surface area contributed by atoms with Crippen LogP contribution in [-0.4, -0.2) is 15.7 Å². The predicted octanol–water partition coefficient (Wildman–Crippen LogP) is 6.27. The molecule has 4 nitrogen and oxygen atoms in total. The molecule has 3 aromatic rings. The van der Waals surface area contributed by atoms with E-state index in [-0.39, 0.29) is 11.8 Å². The summed E-state index contributed by atoms with van der Waals surface area (Å²) in [4.78, 5) is 12.5. The Kier molecular flexibility index (Phi) is 6.53. The first-order valence-corrected chi connectivity index (χ1v) is 10.2. The van der Waals surface area contributed by atoms with Gasteiger partial charge in [0.15, 0.2) is 0 Å². The first kappa shape index (κ1) is 20.2. The Hall–Kier alpha value is -2.59. The number of hydrogen-bond donors (Lipinski definition) is 1. The van der Waals surface area contributed by atoms with E-state index in [9.17, 15) is 4.79 Å². The zero-order valence-electron chi connectivity index (χ0n) is 16.6. The van der Waals surface area contributed by atoms with Gasteiger partial charge in [0.2, 0.25) is 5.91 Å². The Bertz CT molecular complexity index is 925. The Morgan fingerprint density at radius 2 is 1.71 bits per heavy atom. The second-order valence-electron chi connectivity index (χ2n) is 6.79. The number of carbonyl (C=O) groups excluding carboxylic acids is 1. The maximum atomic E-state index is 12.5. The lowest BCUT2D eigenvalue weighted by atomic mass is 9.85. The number of nitrogens with zero attached hydrogens (tertiary/aromatic N) is 2. The van der Waals surface area contributed by atoms with Crippen molar-refractivity contribution < 1.29 is 4.79 Å². The van der Waals surface area contributed by atoms with E-state index in [4.69, 9.17) is 16.7 Å². The van der Waals surface area contributed by atoms with Crippen LogP contribution in [0.5, 0.6) is 0 Å². The molecule has 0 unspecified atom stereocenters. The molecule has 1 aliphatic rings. The zero-order chi connectivity index (χ0) is 20.1. The van der Waals surface area contributed by atoms with E-state index in [0.717, 1.165) is 36.2 Å². The van der Waals surface area contributed by atoms with E-state index in [2.05, 4.69) is 5.32 Å². The number of carbonyl (C=O) groups is 1. The third-order valence-electron chi connectivity index (χ3n) is 4.86. The molecule has 0 bridgehead atoms. The molecular formula is C23H26ClN3O. The van der Waals surface area contributed by atoms with Crippen molar-refractivity contribution in [1.82, 2.24) is 9.78 Å². The third kappa shape index (κ3) is 4.45. The number of aryl methyl sites for hydroxylation is 1. The summed E-state index contributed by atoms with van der Waals surface area (Å²) in [5.41, 5.74) is 3.85. The van der Waals surface area contributed by atoms with Crippen molar-refractivity contribution in [2.75, 3.05) is 5.32 Å². The van der Waals surface area contributed by atoms with Crippen LogP contribution in [0.15, 0.2) is 54.6 Å². The molecule has 0 spiro atoms. The van der Waals surface area contributed by atoms with Gasteiger partial charge >= 0.3 is 0 Å². The van der Waals surface area contributed by atoms with Crippen molar-refractivity contribution in [3.8, 4) is 16.9 Å². The Morgan fingerprint density at radius 3 is 2.29 bits per heavy atom. The summed E-state index contributed by atoms with van der Waals surface area (Å²) >= 11 is 5.99. The number of hydrogen-bond acceptors (Lipinski definition) is 2. The molecule has 1 amide bonds. The second-order valence-corrected chi connectivity index (χ2v) is 7.22. The van der Waals surface area contributed by atoms with Crippen molar-refractivity contribution in [3.05, 3.63) is 65.2 Å². The highest BCUT2D eigenvalue weighted by Gasteiger charge is 2.26. The lowest BCUT2D eigenvalue weighted by molar-refractivity contribution is -0.122. The largest absolute Gasteiger partial charge is 0.310 e. The van der Waals surface area contributed by atoms with Gasteiger partial charge in [-0.15, -0.1) is 0 Å². The van der Waals surface area contributed by atoms with E-state index in [0.29, 0.717) is 10.8 Å². The molecule has 1 saturated carbocycles. The minimum atomic E-state index is 0.0761. The van der Waals surface area contributed by atoms with E-state index < -0.39 is 0 Å². The van der Waals surface area contributed by atoms with E-state index in [1.165, 1.54) is 5.56 Å². The molecule has 1 N–H and O–H groups in total. The Labute approximate surface area is 171 Å². The van der Waals surface area contributed by atoms with E-state index >= 15 is 0 Å². The van der Waals surface area contributed by atoms with Crippen LogP contribution in [0.3, 0.4) is 0 Å². The summed E-state index contributed by atoms with van der Waals surface area (Å²) in [5, 5.41) is 8.47. The molecule has 0 saturated heterocycles. The molecule has 1 heterocycles. The van der Waals surface area contributed by atoms with Crippen molar-refractivity contribution in [1.29, 1.82) is 0 Å². The molecule has 1 aliphatic carbocycles. The van der Waals surface area contributed by atoms with Gasteiger partial charge in [-0.1, -0.05) is 61.7 Å². The average Bonchev–Trinajstić information content (AvgIpc) is 3.07. The highest BCUT2D eigenvalue weighted by Crippen LogP contribution is 2.30. The number of benzene rings is 2. The smallest absolute Gasteiger partial charge is 0.228 e. The monoisotopic (exact) mass is 395 g/mol. The van der Waals surface area contributed by atoms with Gasteiger partial charge < -0.3 is 5.32 Å². The van der Waals surface area contributed by atoms with Crippen LogP contribution in [0.25, 0.3) is 16.9 Å². The summed E-state index contributed by atoms with van der Waals surface area (Å²) in [6, 6.07) is 17.6. The summed E-state index contributed by atoms with van der Waals surface area (Å²) in [6.45, 7) is 6.05. The highest BCUT2D eigenvalue weighted by molar-refractivity contribution is 6.30. The van der Waals surface area contributed by atoms with Gasteiger partial charge in [-0.05, 0) is 44.0 Å². The zero-order valence-corrected chi connectivity index (χ0v) is 17.3. The van der Waals surface area contributed by atoms with Gasteiger partial charge in [-0.2, -0.15) is 5.10 Å². The second kappa shape index (κ2) is 9.07. The van der Waals surface area contributed by atoms with Crippen LogP contribution in [0.2, 0.25) is 5.02 Å². The van der Waals surface area contributed by atoms with Crippen LogP contribution in [0, 0.1) is 12.8 Å². The minimum absolute atomic E-state index is 0.0761. The van der Waals surface area contributed by atoms with Crippen LogP contribution in [0.4, 0.5) is 5.82 Å². The van der Waals surface area contributed by atoms with Gasteiger partial charge in [0.25, 0.3) is 0 Å². The number of aromatic nitrogens is 2. The molecule has 2 aromatic carbocycles. The number of rotatable bonds is 4. The number of halogens is 1. The van der Waals surface area contributed by atoms with Crippen molar-refractivity contribution in [2.45, 2.75) is 40.0 Å². The Balaban J connectivity index is 0.00000109. The SMILES string of the molecule is CC.Cc1ccc(-n2nc(-c3ccc(Cl)cc3)cc2NC(=O)C2CCC2)cc1. The topological polar surface area (TPSA) is 46.9 Å². The summed E-state index contributed by atoms with van der Waals surface area (Å²) < 4.78 is 1.79. The van der Waals surface area contributed by atoms with Crippen LogP contribution in [-0.2, 0) is 4.79 Å². The molecule has 0 aliphatic heterocycles. The van der Waals surface area contributed by atoms with Gasteiger partial charge in [0, 0.05) is 22.6 Å². The average molecular weight is 396 g/mol. The molecule has 28 heavy (non-hydrogen) atoms. The van der Waals surface area contributed by atoms with Crippen LogP contribution >= 0.6 is 11.6 Å². The number of nitrogens with one attached hydrogen (secondary N) is 1. The van der Waals surface area contributed by atoms with Crippen molar-refractivity contribution in [2.24, 2.45) is 5.92 Å². The molecule has 0 radical (unpaired) electrons. The normalized spacial score (nSPS) is 13.3. The number of amides is 1. The van der Waals surface area contributed by atoms with Crippen LogP contribution < -0.4 is 5.32 Å². The maximum absolute atomic E-state index is 12.5. The third-order valence-corrected chi connectivity index (χ3v) is 5.11. The summed E-state index contributed by atoms with van der Waals surface area (Å²) in [7, 11) is 0. The fourth-order valence-corrected chi connectivity index (χ4v) is 3.14. The standard InChI is InChI=1S/C21H20ClN3O.C2H6/c1-14-5-11-18(12-6-14)25-20(23-21(26)16-3-2-4-16)13-19(24-25)15-7-9-17(22)10-8-15;1-2/h5-13,16H,2-4H2,1H3,(H,23,26);1-2H3. The lowest BCUT2D eigenvalue weighted by Gasteiger charge is -2.24. The molecule has 5 heteroatoms. The van der Waals surface area contributed by atoms with E-state index in [1.54, 1.807) is 4.68 Å². The number of anilines is 1. The summed E-state index contributed by atoms with van der Waals surface area (Å²) in [5.74, 6) is 0.887. The molecule has 0 atom stereocenters. The van der Waals surface area contributed by atoms with Crippen molar-refractivity contribution >= 4 is 23.3 Å². The summed E-state index contributed by atoms with van der Waals surface area (Å²) in [6.07, 6.45) is 3.06. The van der Waals surface area contributed by atoms with Gasteiger partial charge in [0.1, 0.15) is 5.82 Å². The van der Waals surface area contributed by atoms with Gasteiger partial charge in [0.05, 0.1) is 11.4 Å². The quantitative estimate of drug-likeness (QED) is 0.566. The first-order valence-electron chi connectivity index (χ1n) is 9.84. The fourth-order valence-electron chi connectivity index (χ4n) is 3.01. The molecule has 4 rings (SSSR count). The minimum Gasteiger partial charge on any atom is -0.310 e. The predicted molar refractivity (Wildman–Crippen MR) is 116 cm³/mol. The molecule has 1 aromatic heterocycles. The molecule has 146 valence electrons. The fraction of sp³-hybridized carbons (Fsp3) is 0.304. The van der Waals surface area contributed by atoms with Gasteiger partial charge in [-0.3, -0.25) is 4.79 Å². The Morgan fingerprint density at radius 1 is 1.07 bits per heavy atom. The highest BCUT2D eigenvalue weighted by atomic mass is 35.5.